The van der Waals surface area contributed by atoms with Crippen molar-refractivity contribution in [1.82, 2.24) is 4.90 Å². The van der Waals surface area contributed by atoms with Crippen molar-refractivity contribution in [2.45, 2.75) is 20.3 Å². The molecule has 1 saturated heterocycles. The first-order valence-corrected chi connectivity index (χ1v) is 6.40. The molecule has 1 aromatic rings. The number of carbonyl (C=O) groups is 1. The van der Waals surface area contributed by atoms with Gasteiger partial charge in [-0.15, -0.1) is 0 Å². The molecule has 2 unspecified atom stereocenters. The number of likely N-dealkylation sites (tertiary alicyclic amines) is 1. The smallest absolute Gasteiger partial charge is 0.289 e. The molecule has 1 aliphatic heterocycles. The molecule has 1 fully saturated rings. The highest BCUT2D eigenvalue weighted by atomic mass is 79.9. The van der Waals surface area contributed by atoms with Crippen LogP contribution in [0.1, 0.15) is 30.8 Å². The van der Waals surface area contributed by atoms with Gasteiger partial charge in [0, 0.05) is 13.1 Å². The van der Waals surface area contributed by atoms with Gasteiger partial charge in [-0.05, 0) is 46.3 Å². The lowest BCUT2D eigenvalue weighted by atomic mass is 9.92. The zero-order valence-corrected chi connectivity index (χ0v) is 11.2. The predicted molar refractivity (Wildman–Crippen MR) is 65.3 cm³/mol. The molecule has 0 bridgehead atoms. The van der Waals surface area contributed by atoms with E-state index < -0.39 is 0 Å². The summed E-state index contributed by atoms with van der Waals surface area (Å²) in [6, 6.07) is 3.47. The van der Waals surface area contributed by atoms with E-state index in [1.54, 1.807) is 12.1 Å². The van der Waals surface area contributed by atoms with Gasteiger partial charge < -0.3 is 9.32 Å². The van der Waals surface area contributed by atoms with E-state index in [1.165, 1.54) is 6.42 Å². The number of piperidine rings is 1. The summed E-state index contributed by atoms with van der Waals surface area (Å²) < 4.78 is 5.90. The molecule has 0 aliphatic carbocycles. The maximum absolute atomic E-state index is 12.1. The molecule has 0 aromatic carbocycles. The van der Waals surface area contributed by atoms with E-state index in [9.17, 15) is 4.79 Å². The van der Waals surface area contributed by atoms with Crippen LogP contribution >= 0.6 is 15.9 Å². The Bertz CT molecular complexity index is 378. The highest BCUT2D eigenvalue weighted by molar-refractivity contribution is 9.10. The Hall–Kier alpha value is -0.770. The maximum atomic E-state index is 12.1. The lowest BCUT2D eigenvalue weighted by molar-refractivity contribution is 0.0590. The van der Waals surface area contributed by atoms with E-state index in [-0.39, 0.29) is 5.91 Å². The number of hydrogen-bond acceptors (Lipinski definition) is 2. The van der Waals surface area contributed by atoms with Gasteiger partial charge >= 0.3 is 0 Å². The van der Waals surface area contributed by atoms with E-state index >= 15 is 0 Å². The monoisotopic (exact) mass is 285 g/mol. The van der Waals surface area contributed by atoms with Crippen molar-refractivity contribution >= 4 is 21.8 Å². The molecule has 0 N–H and O–H groups in total. The molecule has 1 aliphatic rings. The minimum Gasteiger partial charge on any atom is -0.444 e. The Balaban J connectivity index is 2.09. The zero-order chi connectivity index (χ0) is 11.7. The highest BCUT2D eigenvalue weighted by Crippen LogP contribution is 2.23. The SMILES string of the molecule is CC1CC(C)CN(C(=O)c2ccc(Br)o2)C1. The maximum Gasteiger partial charge on any atom is 0.289 e. The van der Waals surface area contributed by atoms with Gasteiger partial charge in [0.1, 0.15) is 0 Å². The largest absolute Gasteiger partial charge is 0.444 e. The standard InChI is InChI=1S/C12H16BrNO2/c1-8-5-9(2)7-14(6-8)12(15)10-3-4-11(13)16-10/h3-4,8-9H,5-7H2,1-2H3. The first kappa shape index (κ1) is 11.7. The molecule has 2 atom stereocenters. The summed E-state index contributed by atoms with van der Waals surface area (Å²) in [6.45, 7) is 6.05. The van der Waals surface area contributed by atoms with E-state index in [1.807, 2.05) is 4.90 Å². The quantitative estimate of drug-likeness (QED) is 0.794. The average molecular weight is 286 g/mol. The van der Waals surface area contributed by atoms with Crippen molar-refractivity contribution < 1.29 is 9.21 Å². The van der Waals surface area contributed by atoms with E-state index in [0.29, 0.717) is 22.3 Å². The van der Waals surface area contributed by atoms with Gasteiger partial charge in [-0.25, -0.2) is 0 Å². The summed E-state index contributed by atoms with van der Waals surface area (Å²) in [4.78, 5) is 14.0. The van der Waals surface area contributed by atoms with Crippen LogP contribution in [0.2, 0.25) is 0 Å². The number of nitrogens with zero attached hydrogens (tertiary/aromatic N) is 1. The van der Waals surface area contributed by atoms with Crippen LogP contribution in [0.25, 0.3) is 0 Å². The predicted octanol–water partition coefficient (Wildman–Crippen LogP) is 3.16. The van der Waals surface area contributed by atoms with Crippen molar-refractivity contribution in [3.8, 4) is 0 Å². The van der Waals surface area contributed by atoms with Crippen LogP contribution in [0.5, 0.6) is 0 Å². The van der Waals surface area contributed by atoms with Gasteiger partial charge in [-0.2, -0.15) is 0 Å². The fourth-order valence-corrected chi connectivity index (χ4v) is 2.72. The molecule has 16 heavy (non-hydrogen) atoms. The topological polar surface area (TPSA) is 33.5 Å². The van der Waals surface area contributed by atoms with Crippen LogP contribution in [-0.2, 0) is 0 Å². The average Bonchev–Trinajstić information content (AvgIpc) is 2.62. The summed E-state index contributed by atoms with van der Waals surface area (Å²) >= 11 is 3.21. The molecular weight excluding hydrogens is 270 g/mol. The summed E-state index contributed by atoms with van der Waals surface area (Å²) in [7, 11) is 0. The zero-order valence-electron chi connectivity index (χ0n) is 9.57. The Labute approximate surface area is 104 Å². The molecular formula is C12H16BrNO2. The fraction of sp³-hybridized carbons (Fsp3) is 0.583. The third kappa shape index (κ3) is 2.48. The van der Waals surface area contributed by atoms with Crippen LogP contribution in [-0.4, -0.2) is 23.9 Å². The summed E-state index contributed by atoms with van der Waals surface area (Å²) in [5.41, 5.74) is 0. The second-order valence-corrected chi connectivity index (χ2v) is 5.54. The van der Waals surface area contributed by atoms with Gasteiger partial charge in [0.25, 0.3) is 5.91 Å². The van der Waals surface area contributed by atoms with Gasteiger partial charge in [0.2, 0.25) is 0 Å². The van der Waals surface area contributed by atoms with Crippen LogP contribution < -0.4 is 0 Å². The van der Waals surface area contributed by atoms with Crippen molar-refractivity contribution in [1.29, 1.82) is 0 Å². The first-order valence-electron chi connectivity index (χ1n) is 5.61. The van der Waals surface area contributed by atoms with Crippen LogP contribution in [0.15, 0.2) is 21.2 Å². The first-order chi connectivity index (χ1) is 7.56. The second kappa shape index (κ2) is 4.62. The normalized spacial score (nSPS) is 25.8. The Morgan fingerprint density at radius 2 is 2.00 bits per heavy atom. The number of hydrogen-bond donors (Lipinski definition) is 0. The lowest BCUT2D eigenvalue weighted by Gasteiger charge is -2.34. The van der Waals surface area contributed by atoms with E-state index in [0.717, 1.165) is 13.1 Å². The Morgan fingerprint density at radius 1 is 1.38 bits per heavy atom. The minimum absolute atomic E-state index is 0.00380. The molecule has 88 valence electrons. The van der Waals surface area contributed by atoms with Gasteiger partial charge in [-0.1, -0.05) is 13.8 Å². The molecule has 2 heterocycles. The summed E-state index contributed by atoms with van der Waals surface area (Å²) in [6.07, 6.45) is 1.20. The Kier molecular flexibility index (Phi) is 3.38. The lowest BCUT2D eigenvalue weighted by Crippen LogP contribution is -2.42. The molecule has 2 rings (SSSR count). The number of amides is 1. The van der Waals surface area contributed by atoms with E-state index in [4.69, 9.17) is 4.42 Å². The molecule has 1 amide bonds. The van der Waals surface area contributed by atoms with Crippen molar-refractivity contribution in [3.05, 3.63) is 22.6 Å². The fourth-order valence-electron chi connectivity index (χ4n) is 2.41. The molecule has 4 heteroatoms. The number of furan rings is 1. The molecule has 0 spiro atoms. The van der Waals surface area contributed by atoms with Crippen LogP contribution in [0.4, 0.5) is 0 Å². The van der Waals surface area contributed by atoms with Gasteiger partial charge in [-0.3, -0.25) is 4.79 Å². The third-order valence-electron chi connectivity index (χ3n) is 2.94. The minimum atomic E-state index is 0.00380. The van der Waals surface area contributed by atoms with Crippen molar-refractivity contribution in [2.75, 3.05) is 13.1 Å². The van der Waals surface area contributed by atoms with Gasteiger partial charge in [0.15, 0.2) is 10.4 Å². The second-order valence-electron chi connectivity index (χ2n) is 4.76. The van der Waals surface area contributed by atoms with Crippen molar-refractivity contribution in [2.24, 2.45) is 11.8 Å². The highest BCUT2D eigenvalue weighted by Gasteiger charge is 2.27. The van der Waals surface area contributed by atoms with Gasteiger partial charge in [0.05, 0.1) is 0 Å². The summed E-state index contributed by atoms with van der Waals surface area (Å²) in [5, 5.41) is 0. The molecule has 0 saturated carbocycles. The molecule has 1 aromatic heterocycles. The number of rotatable bonds is 1. The molecule has 0 radical (unpaired) electrons. The van der Waals surface area contributed by atoms with Crippen molar-refractivity contribution in [3.63, 3.8) is 0 Å². The molecule has 3 nitrogen and oxygen atoms in total. The van der Waals surface area contributed by atoms with E-state index in [2.05, 4.69) is 29.8 Å². The third-order valence-corrected chi connectivity index (χ3v) is 3.37. The number of carbonyl (C=O) groups excluding carboxylic acids is 1. The Morgan fingerprint density at radius 3 is 2.50 bits per heavy atom. The number of halogens is 1. The van der Waals surface area contributed by atoms with Crippen LogP contribution in [0, 0.1) is 11.8 Å². The summed E-state index contributed by atoms with van der Waals surface area (Å²) in [5.74, 6) is 1.58. The van der Waals surface area contributed by atoms with Crippen LogP contribution in [0.3, 0.4) is 0 Å².